The van der Waals surface area contributed by atoms with Gasteiger partial charge in [-0.2, -0.15) is 0 Å². The number of aromatic nitrogens is 1. The lowest BCUT2D eigenvalue weighted by atomic mass is 9.98. The smallest absolute Gasteiger partial charge is 0.163 e. The van der Waals surface area contributed by atoms with Gasteiger partial charge in [0.25, 0.3) is 0 Å². The number of para-hydroxylation sites is 1. The predicted molar refractivity (Wildman–Crippen MR) is 121 cm³/mol. The van der Waals surface area contributed by atoms with Gasteiger partial charge in [-0.05, 0) is 30.3 Å². The molecule has 2 saturated heterocycles. The van der Waals surface area contributed by atoms with Gasteiger partial charge < -0.3 is 39.2 Å². The van der Waals surface area contributed by atoms with Crippen LogP contribution in [0.1, 0.15) is 12.6 Å². The Bertz CT molecular complexity index is 1080. The summed E-state index contributed by atoms with van der Waals surface area (Å²) in [5.41, 5.74) is 0.811. The molecule has 2 aliphatic rings. The van der Waals surface area contributed by atoms with E-state index in [9.17, 15) is 20.4 Å². The Morgan fingerprint density at radius 3 is 2.52 bits per heavy atom. The molecule has 5 rings (SSSR count). The van der Waals surface area contributed by atoms with E-state index >= 15 is 0 Å². The Morgan fingerprint density at radius 2 is 1.79 bits per heavy atom. The minimum Gasteiger partial charge on any atom is -0.488 e. The van der Waals surface area contributed by atoms with Gasteiger partial charge in [0, 0.05) is 27.8 Å². The Hall–Kier alpha value is -2.11. The monoisotopic (exact) mass is 473 g/mol. The lowest BCUT2D eigenvalue weighted by Crippen LogP contribution is -2.56. The summed E-state index contributed by atoms with van der Waals surface area (Å²) in [5.74, 6) is 0.804. The van der Waals surface area contributed by atoms with Crippen LogP contribution in [0.5, 0.6) is 5.75 Å². The van der Waals surface area contributed by atoms with E-state index in [0.717, 1.165) is 39.5 Å². The third-order valence-electron chi connectivity index (χ3n) is 6.09. The van der Waals surface area contributed by atoms with Crippen molar-refractivity contribution in [3.63, 3.8) is 0 Å². The lowest BCUT2D eigenvalue weighted by Gasteiger charge is -2.40. The number of nitrogens with zero attached hydrogens (tertiary/aromatic N) is 1. The zero-order valence-corrected chi connectivity index (χ0v) is 18.7. The molecule has 0 bridgehead atoms. The molecule has 2 aliphatic heterocycles. The molecule has 1 aromatic heterocycles. The molecule has 3 heterocycles. The third kappa shape index (κ3) is 4.50. The molecule has 8 nitrogen and oxygen atoms in total. The van der Waals surface area contributed by atoms with Crippen LogP contribution in [0.25, 0.3) is 10.9 Å². The predicted octanol–water partition coefficient (Wildman–Crippen LogP) is 1.93. The van der Waals surface area contributed by atoms with Crippen molar-refractivity contribution in [3.05, 3.63) is 54.7 Å². The van der Waals surface area contributed by atoms with Crippen LogP contribution in [0.2, 0.25) is 0 Å². The van der Waals surface area contributed by atoms with E-state index in [0.29, 0.717) is 6.61 Å². The molecule has 9 heteroatoms. The molecule has 4 N–H and O–H groups in total. The highest BCUT2D eigenvalue weighted by atomic mass is 32.2. The molecule has 6 atom stereocenters. The van der Waals surface area contributed by atoms with E-state index in [4.69, 9.17) is 14.2 Å². The quantitative estimate of drug-likeness (QED) is 0.430. The lowest BCUT2D eigenvalue weighted by molar-refractivity contribution is -0.250. The highest BCUT2D eigenvalue weighted by Gasteiger charge is 2.44. The van der Waals surface area contributed by atoms with Gasteiger partial charge in [0.05, 0.1) is 25.3 Å². The number of ether oxygens (including phenoxy) is 3. The van der Waals surface area contributed by atoms with Gasteiger partial charge in [0.1, 0.15) is 36.3 Å². The maximum Gasteiger partial charge on any atom is 0.163 e. The zero-order chi connectivity index (χ0) is 22.9. The SMILES string of the molecule is OC[C@H]1O[C@@H](n2cc(Sc3ccc(OC4CCOC4)cc3)c3ccccc32)[C@H](O)[C@@H](O)[C@@H]1O. The summed E-state index contributed by atoms with van der Waals surface area (Å²) >= 11 is 1.56. The van der Waals surface area contributed by atoms with E-state index in [-0.39, 0.29) is 6.10 Å². The van der Waals surface area contributed by atoms with E-state index < -0.39 is 37.3 Å². The fraction of sp³-hybridized carbons (Fsp3) is 0.417. The average Bonchev–Trinajstić information content (AvgIpc) is 3.47. The highest BCUT2D eigenvalue weighted by Crippen LogP contribution is 2.39. The summed E-state index contributed by atoms with van der Waals surface area (Å²) in [4.78, 5) is 1.96. The van der Waals surface area contributed by atoms with Crippen LogP contribution in [0.3, 0.4) is 0 Å². The Balaban J connectivity index is 1.41. The van der Waals surface area contributed by atoms with Gasteiger partial charge in [-0.25, -0.2) is 0 Å². The number of benzene rings is 2. The topological polar surface area (TPSA) is 114 Å². The fourth-order valence-corrected chi connectivity index (χ4v) is 5.26. The Labute approximate surface area is 195 Å². The van der Waals surface area contributed by atoms with Crippen LogP contribution >= 0.6 is 11.8 Å². The first-order valence-corrected chi connectivity index (χ1v) is 11.8. The van der Waals surface area contributed by atoms with Gasteiger partial charge in [0.2, 0.25) is 0 Å². The number of rotatable bonds is 6. The molecule has 176 valence electrons. The Kier molecular flexibility index (Phi) is 6.62. The summed E-state index contributed by atoms with van der Waals surface area (Å²) in [6.07, 6.45) is -3.25. The van der Waals surface area contributed by atoms with Gasteiger partial charge in [-0.1, -0.05) is 30.0 Å². The van der Waals surface area contributed by atoms with Crippen molar-refractivity contribution in [2.45, 2.75) is 53.0 Å². The molecule has 2 fully saturated rings. The number of aliphatic hydroxyl groups is 4. The number of hydrogen-bond acceptors (Lipinski definition) is 8. The first-order valence-electron chi connectivity index (χ1n) is 11.0. The van der Waals surface area contributed by atoms with Crippen molar-refractivity contribution in [2.24, 2.45) is 0 Å². The molecule has 1 unspecified atom stereocenters. The average molecular weight is 474 g/mol. The summed E-state index contributed by atoms with van der Waals surface area (Å²) in [5, 5.41) is 41.5. The van der Waals surface area contributed by atoms with E-state index in [2.05, 4.69) is 0 Å². The molecule has 0 amide bonds. The van der Waals surface area contributed by atoms with Crippen molar-refractivity contribution in [1.82, 2.24) is 4.57 Å². The van der Waals surface area contributed by atoms with Gasteiger partial charge >= 0.3 is 0 Å². The zero-order valence-electron chi connectivity index (χ0n) is 17.9. The largest absolute Gasteiger partial charge is 0.488 e. The minimum absolute atomic E-state index is 0.0972. The second-order valence-electron chi connectivity index (χ2n) is 8.31. The van der Waals surface area contributed by atoms with Gasteiger partial charge in [-0.3, -0.25) is 0 Å². The minimum atomic E-state index is -1.43. The van der Waals surface area contributed by atoms with E-state index in [1.54, 1.807) is 16.3 Å². The Morgan fingerprint density at radius 1 is 1.00 bits per heavy atom. The molecule has 2 aromatic carbocycles. The van der Waals surface area contributed by atoms with Gasteiger partial charge in [0.15, 0.2) is 6.23 Å². The van der Waals surface area contributed by atoms with Crippen LogP contribution in [0.15, 0.2) is 64.5 Å². The molecule has 0 saturated carbocycles. The number of aliphatic hydroxyl groups excluding tert-OH is 4. The van der Waals surface area contributed by atoms with Crippen molar-refractivity contribution in [2.75, 3.05) is 19.8 Å². The molecule has 33 heavy (non-hydrogen) atoms. The van der Waals surface area contributed by atoms with Crippen LogP contribution in [0, 0.1) is 0 Å². The maximum atomic E-state index is 10.6. The first kappa shape index (κ1) is 22.7. The van der Waals surface area contributed by atoms with E-state index in [1.807, 2.05) is 54.7 Å². The van der Waals surface area contributed by atoms with Crippen LogP contribution in [-0.2, 0) is 9.47 Å². The number of fused-ring (bicyclic) bond motifs is 1. The highest BCUT2D eigenvalue weighted by molar-refractivity contribution is 7.99. The molecule has 0 radical (unpaired) electrons. The molecule has 0 aliphatic carbocycles. The first-order chi connectivity index (χ1) is 16.0. The van der Waals surface area contributed by atoms with Gasteiger partial charge in [-0.15, -0.1) is 0 Å². The second-order valence-corrected chi connectivity index (χ2v) is 9.43. The van der Waals surface area contributed by atoms with E-state index in [1.165, 1.54) is 0 Å². The summed E-state index contributed by atoms with van der Waals surface area (Å²) in [6.45, 7) is 0.884. The van der Waals surface area contributed by atoms with Crippen molar-refractivity contribution in [3.8, 4) is 5.75 Å². The summed E-state index contributed by atoms with van der Waals surface area (Å²) in [7, 11) is 0. The van der Waals surface area contributed by atoms with Crippen molar-refractivity contribution < 1.29 is 34.6 Å². The molecular weight excluding hydrogens is 446 g/mol. The maximum absolute atomic E-state index is 10.6. The standard InChI is InChI=1S/C24H27NO7S/c26-12-19-21(27)22(28)23(29)24(32-19)25-11-20(17-3-1-2-4-18(17)25)33-16-7-5-14(6-8-16)31-15-9-10-30-13-15/h1-8,11,15,19,21-24,26-29H,9-10,12-13H2/t15?,19-,21-,22+,23-,24-/m1/s1. The fourth-order valence-electron chi connectivity index (χ4n) is 4.29. The van der Waals surface area contributed by atoms with Crippen LogP contribution < -0.4 is 4.74 Å². The second kappa shape index (κ2) is 9.63. The van der Waals surface area contributed by atoms with Crippen LogP contribution in [-0.4, -0.2) is 75.3 Å². The van der Waals surface area contributed by atoms with Crippen molar-refractivity contribution in [1.29, 1.82) is 0 Å². The normalized spacial score (nSPS) is 30.1. The number of hydrogen-bond donors (Lipinski definition) is 4. The summed E-state index contributed by atoms with van der Waals surface area (Å²) < 4.78 is 18.8. The summed E-state index contributed by atoms with van der Waals surface area (Å²) in [6, 6.07) is 15.6. The molecule has 3 aromatic rings. The third-order valence-corrected chi connectivity index (χ3v) is 7.14. The molecular formula is C24H27NO7S. The van der Waals surface area contributed by atoms with Crippen molar-refractivity contribution >= 4 is 22.7 Å². The molecule has 0 spiro atoms. The van der Waals surface area contributed by atoms with Crippen LogP contribution in [0.4, 0.5) is 0 Å².